The third-order valence-corrected chi connectivity index (χ3v) is 4.14. The maximum atomic E-state index is 12.3. The van der Waals surface area contributed by atoms with Crippen molar-refractivity contribution in [2.45, 2.75) is 30.7 Å². The molecule has 0 aliphatic carbocycles. The van der Waals surface area contributed by atoms with Crippen LogP contribution in [-0.4, -0.2) is 47.1 Å². The molecular weight excluding hydrogens is 330 g/mol. The van der Waals surface area contributed by atoms with Gasteiger partial charge in [0.15, 0.2) is 6.10 Å². The Kier molecular flexibility index (Phi) is 5.97. The molecule has 0 saturated heterocycles. The number of ether oxygens (including phenoxy) is 1. The van der Waals surface area contributed by atoms with Crippen molar-refractivity contribution in [3.05, 3.63) is 41.4 Å². The van der Waals surface area contributed by atoms with E-state index in [-0.39, 0.29) is 5.91 Å². The van der Waals surface area contributed by atoms with Gasteiger partial charge in [-0.15, -0.1) is 0 Å². The van der Waals surface area contributed by atoms with Crippen LogP contribution in [0.3, 0.4) is 0 Å². The van der Waals surface area contributed by atoms with Gasteiger partial charge in [0.25, 0.3) is 5.91 Å². The summed E-state index contributed by atoms with van der Waals surface area (Å²) in [6, 6.07) is 5.10. The maximum Gasteiger partial charge on any atom is 0.341 e. The first-order valence-electron chi connectivity index (χ1n) is 7.30. The van der Waals surface area contributed by atoms with Crippen molar-refractivity contribution >= 4 is 23.6 Å². The van der Waals surface area contributed by atoms with Crippen molar-refractivity contribution < 1.29 is 18.8 Å². The highest BCUT2D eigenvalue weighted by Gasteiger charge is 2.22. The van der Waals surface area contributed by atoms with E-state index in [4.69, 9.17) is 9.26 Å². The highest BCUT2D eigenvalue weighted by molar-refractivity contribution is 7.98. The lowest BCUT2D eigenvalue weighted by atomic mass is 10.3. The molecule has 7 nitrogen and oxygen atoms in total. The van der Waals surface area contributed by atoms with Gasteiger partial charge in [-0.2, -0.15) is 0 Å². The summed E-state index contributed by atoms with van der Waals surface area (Å²) in [7, 11) is 3.22. The van der Waals surface area contributed by atoms with Gasteiger partial charge in [0.1, 0.15) is 10.8 Å². The summed E-state index contributed by atoms with van der Waals surface area (Å²) < 4.78 is 10.3. The minimum absolute atomic E-state index is 0.278. The van der Waals surface area contributed by atoms with E-state index < -0.39 is 12.1 Å². The number of nitrogens with zero attached hydrogens (tertiary/aromatic N) is 3. The number of esters is 1. The molecule has 0 aliphatic rings. The van der Waals surface area contributed by atoms with Crippen LogP contribution in [-0.2, 0) is 15.3 Å². The first-order valence-corrected chi connectivity index (χ1v) is 8.29. The summed E-state index contributed by atoms with van der Waals surface area (Å²) >= 11 is 1.35. The van der Waals surface area contributed by atoms with E-state index in [0.717, 1.165) is 11.5 Å². The van der Waals surface area contributed by atoms with Gasteiger partial charge in [-0.1, -0.05) is 16.9 Å². The minimum Gasteiger partial charge on any atom is -0.449 e. The quantitative estimate of drug-likeness (QED) is 0.584. The molecule has 2 heterocycles. The number of likely N-dealkylation sites (N-methyl/N-ethyl adjacent to an activating group) is 1. The van der Waals surface area contributed by atoms with Crippen LogP contribution in [0.1, 0.15) is 28.7 Å². The lowest BCUT2D eigenvalue weighted by Crippen LogP contribution is -2.35. The Labute approximate surface area is 144 Å². The summed E-state index contributed by atoms with van der Waals surface area (Å²) in [6.45, 7) is 3.36. The number of carbonyl (C=O) groups excluding carboxylic acids is 2. The molecule has 2 aromatic rings. The number of aryl methyl sites for hydroxylation is 1. The van der Waals surface area contributed by atoms with Crippen molar-refractivity contribution in [3.8, 4) is 0 Å². The molecule has 2 rings (SSSR count). The van der Waals surface area contributed by atoms with Crippen LogP contribution in [0, 0.1) is 6.92 Å². The molecule has 0 radical (unpaired) electrons. The predicted molar refractivity (Wildman–Crippen MR) is 88.6 cm³/mol. The fourth-order valence-corrected chi connectivity index (χ4v) is 2.79. The minimum atomic E-state index is -0.858. The third kappa shape index (κ3) is 4.58. The Hall–Kier alpha value is -2.35. The molecule has 0 N–H and O–H groups in total. The molecule has 0 unspecified atom stereocenters. The fourth-order valence-electron chi connectivity index (χ4n) is 1.93. The molecule has 0 spiro atoms. The summed E-state index contributed by atoms with van der Waals surface area (Å²) in [5, 5.41) is 4.43. The zero-order valence-electron chi connectivity index (χ0n) is 14.0. The monoisotopic (exact) mass is 349 g/mol. The van der Waals surface area contributed by atoms with Crippen LogP contribution < -0.4 is 0 Å². The Bertz CT molecular complexity index is 730. The number of carbonyl (C=O) groups is 2. The van der Waals surface area contributed by atoms with Gasteiger partial charge in [-0.3, -0.25) is 4.79 Å². The molecule has 0 fully saturated rings. The van der Waals surface area contributed by atoms with E-state index in [1.165, 1.54) is 16.7 Å². The zero-order chi connectivity index (χ0) is 17.7. The first-order chi connectivity index (χ1) is 11.4. The number of pyridine rings is 1. The Morgan fingerprint density at radius 1 is 1.42 bits per heavy atom. The second kappa shape index (κ2) is 7.96. The van der Waals surface area contributed by atoms with E-state index >= 15 is 0 Å². The van der Waals surface area contributed by atoms with Crippen molar-refractivity contribution in [1.29, 1.82) is 0 Å². The van der Waals surface area contributed by atoms with E-state index in [1.807, 2.05) is 13.0 Å². The number of hydrogen-bond donors (Lipinski definition) is 0. The number of rotatable bonds is 6. The number of thioether (sulfide) groups is 1. The van der Waals surface area contributed by atoms with Gasteiger partial charge in [-0.25, -0.2) is 9.78 Å². The van der Waals surface area contributed by atoms with Crippen LogP contribution in [0.15, 0.2) is 33.9 Å². The summed E-state index contributed by atoms with van der Waals surface area (Å²) in [5.74, 6) is 0.382. The summed E-state index contributed by atoms with van der Waals surface area (Å²) in [5.41, 5.74) is 1.08. The van der Waals surface area contributed by atoms with Gasteiger partial charge in [0, 0.05) is 32.1 Å². The molecule has 128 valence electrons. The molecule has 0 saturated carbocycles. The smallest absolute Gasteiger partial charge is 0.341 e. The van der Waals surface area contributed by atoms with Crippen molar-refractivity contribution in [1.82, 2.24) is 15.0 Å². The topological polar surface area (TPSA) is 85.5 Å². The highest BCUT2D eigenvalue weighted by Crippen LogP contribution is 2.25. The number of hydrogen-bond acceptors (Lipinski definition) is 7. The fraction of sp³-hybridized carbons (Fsp3) is 0.375. The molecule has 24 heavy (non-hydrogen) atoms. The van der Waals surface area contributed by atoms with Gasteiger partial charge in [0.05, 0.1) is 11.3 Å². The molecule has 0 bridgehead atoms. The highest BCUT2D eigenvalue weighted by atomic mass is 32.2. The predicted octanol–water partition coefficient (Wildman–Crippen LogP) is 2.30. The van der Waals surface area contributed by atoms with E-state index in [1.54, 1.807) is 39.3 Å². The second-order valence-corrected chi connectivity index (χ2v) is 6.32. The molecule has 1 atom stereocenters. The number of aromatic nitrogens is 2. The van der Waals surface area contributed by atoms with Crippen LogP contribution in [0.2, 0.25) is 0 Å². The van der Waals surface area contributed by atoms with Crippen LogP contribution >= 0.6 is 11.8 Å². The molecule has 2 aromatic heterocycles. The van der Waals surface area contributed by atoms with Gasteiger partial charge < -0.3 is 14.2 Å². The maximum absolute atomic E-state index is 12.3. The largest absolute Gasteiger partial charge is 0.449 e. The molecule has 0 aromatic carbocycles. The van der Waals surface area contributed by atoms with Crippen LogP contribution in [0.5, 0.6) is 0 Å². The van der Waals surface area contributed by atoms with Gasteiger partial charge >= 0.3 is 5.97 Å². The lowest BCUT2D eigenvalue weighted by molar-refractivity contribution is -0.137. The van der Waals surface area contributed by atoms with Crippen molar-refractivity contribution in [2.75, 3.05) is 14.1 Å². The van der Waals surface area contributed by atoms with Crippen LogP contribution in [0.25, 0.3) is 0 Å². The second-order valence-electron chi connectivity index (χ2n) is 5.35. The Balaban J connectivity index is 2.07. The summed E-state index contributed by atoms with van der Waals surface area (Å²) in [4.78, 5) is 29.8. The Morgan fingerprint density at radius 3 is 2.79 bits per heavy atom. The molecule has 0 aliphatic heterocycles. The third-order valence-electron chi connectivity index (χ3n) is 3.10. The molecular formula is C16H19N3O4S. The summed E-state index contributed by atoms with van der Waals surface area (Å²) in [6.07, 6.45) is 0.741. The Morgan fingerprint density at radius 2 is 2.17 bits per heavy atom. The zero-order valence-corrected chi connectivity index (χ0v) is 14.8. The average molecular weight is 349 g/mol. The molecule has 8 heteroatoms. The van der Waals surface area contributed by atoms with Gasteiger partial charge in [-0.05, 0) is 26.0 Å². The number of amides is 1. The van der Waals surface area contributed by atoms with Crippen molar-refractivity contribution in [3.63, 3.8) is 0 Å². The first kappa shape index (κ1) is 18.0. The van der Waals surface area contributed by atoms with E-state index in [0.29, 0.717) is 16.3 Å². The lowest BCUT2D eigenvalue weighted by Gasteiger charge is -2.17. The SMILES string of the molecule is Cc1cc(CSc2ncccc2C(=O)O[C@@H](C)C(=O)N(C)C)no1. The van der Waals surface area contributed by atoms with Gasteiger partial charge in [0.2, 0.25) is 0 Å². The normalized spacial score (nSPS) is 11.8. The molecule has 1 amide bonds. The van der Waals surface area contributed by atoms with Crippen LogP contribution in [0.4, 0.5) is 0 Å². The standard InChI is InChI=1S/C16H19N3O4S/c1-10-8-12(18-23-10)9-24-14-13(6-5-7-17-14)16(21)22-11(2)15(20)19(3)4/h5-8,11H,9H2,1-4H3/t11-/m0/s1. The van der Waals surface area contributed by atoms with Crippen molar-refractivity contribution in [2.24, 2.45) is 0 Å². The van der Waals surface area contributed by atoms with E-state index in [9.17, 15) is 9.59 Å². The average Bonchev–Trinajstić information content (AvgIpc) is 2.97. The van der Waals surface area contributed by atoms with E-state index in [2.05, 4.69) is 10.1 Å².